The maximum absolute atomic E-state index is 5.18. The second kappa shape index (κ2) is 12.2. The lowest BCUT2D eigenvalue weighted by Gasteiger charge is -2.33. The van der Waals surface area contributed by atoms with Crippen LogP contribution in [0.1, 0.15) is 22.3 Å². The Bertz CT molecular complexity index is 2480. The first-order chi connectivity index (χ1) is 26.1. The molecule has 8 aromatic rings. The van der Waals surface area contributed by atoms with Crippen LogP contribution in [0, 0.1) is 0 Å². The quantitative estimate of drug-likeness (QED) is 0.151. The summed E-state index contributed by atoms with van der Waals surface area (Å²) >= 11 is 0. The fraction of sp³-hybridized carbons (Fsp3) is 0.0196. The van der Waals surface area contributed by atoms with Crippen LogP contribution in [-0.4, -0.2) is 12.6 Å². The molecule has 0 N–H and O–H groups in total. The first-order valence-electron chi connectivity index (χ1n) is 18.2. The summed E-state index contributed by atoms with van der Waals surface area (Å²) in [5.41, 5.74) is 10.1. The summed E-state index contributed by atoms with van der Waals surface area (Å²) in [7, 11) is 0. The molecule has 0 unspecified atom stereocenters. The van der Waals surface area contributed by atoms with Crippen molar-refractivity contribution in [1.82, 2.24) is 0 Å². The van der Waals surface area contributed by atoms with Crippen LogP contribution in [0.15, 0.2) is 206 Å². The van der Waals surface area contributed by atoms with Gasteiger partial charge >= 0.3 is 0 Å². The third-order valence-electron chi connectivity index (χ3n) is 11.7. The van der Waals surface area contributed by atoms with E-state index in [0.717, 1.165) is 0 Å². The first-order valence-corrected chi connectivity index (χ1v) is 22.2. The van der Waals surface area contributed by atoms with Gasteiger partial charge in [0.1, 0.15) is 0 Å². The first kappa shape index (κ1) is 32.0. The van der Waals surface area contributed by atoms with Gasteiger partial charge in [-0.3, -0.25) is 0 Å². The SMILES string of the molecule is C=P(c1ccccc1)(c1ccccc1)c1ccc2c(c1)C1(c3ccccc3-c3ccccc31)c1cc(P(=C)(c3ccccc3)c3ccccc3)ccc1-2. The van der Waals surface area contributed by atoms with Crippen molar-refractivity contribution in [2.75, 3.05) is 0 Å². The monoisotopic (exact) mass is 712 g/mol. The van der Waals surface area contributed by atoms with Crippen molar-refractivity contribution in [3.63, 3.8) is 0 Å². The molecule has 0 nitrogen and oxygen atoms in total. The van der Waals surface area contributed by atoms with Crippen LogP contribution in [-0.2, 0) is 5.41 Å². The van der Waals surface area contributed by atoms with Gasteiger partial charge in [-0.1, -0.05) is 207 Å². The highest BCUT2D eigenvalue weighted by Gasteiger charge is 2.52. The van der Waals surface area contributed by atoms with Crippen molar-refractivity contribution in [2.45, 2.75) is 5.41 Å². The summed E-state index contributed by atoms with van der Waals surface area (Å²) < 4.78 is 0. The molecule has 0 amide bonds. The van der Waals surface area contributed by atoms with Crippen molar-refractivity contribution >= 4 is 58.2 Å². The van der Waals surface area contributed by atoms with Gasteiger partial charge in [-0.25, -0.2) is 0 Å². The molecule has 2 aliphatic rings. The van der Waals surface area contributed by atoms with Crippen LogP contribution in [0.2, 0.25) is 0 Å². The van der Waals surface area contributed by atoms with Crippen LogP contribution in [0.5, 0.6) is 0 Å². The van der Waals surface area contributed by atoms with Gasteiger partial charge in [0.2, 0.25) is 0 Å². The molecule has 0 heterocycles. The molecule has 0 aliphatic heterocycles. The molecule has 0 fully saturated rings. The lowest BCUT2D eigenvalue weighted by atomic mass is 9.70. The van der Waals surface area contributed by atoms with Crippen molar-refractivity contribution in [3.05, 3.63) is 229 Å². The van der Waals surface area contributed by atoms with Crippen LogP contribution >= 0.6 is 13.8 Å². The Morgan fingerprint density at radius 3 is 0.887 bits per heavy atom. The second-order valence-corrected chi connectivity index (χ2v) is 20.6. The van der Waals surface area contributed by atoms with Gasteiger partial charge in [-0.2, -0.15) is 0 Å². The molecule has 0 saturated heterocycles. The molecule has 2 aliphatic carbocycles. The second-order valence-electron chi connectivity index (χ2n) is 14.3. The molecular formula is C51H38P2. The predicted molar refractivity (Wildman–Crippen MR) is 234 cm³/mol. The minimum atomic E-state index is -2.25. The summed E-state index contributed by atoms with van der Waals surface area (Å²) in [6.07, 6.45) is 10.4. The molecule has 0 bridgehead atoms. The van der Waals surface area contributed by atoms with Crippen LogP contribution in [0.25, 0.3) is 22.3 Å². The molecule has 0 aromatic heterocycles. The Labute approximate surface area is 313 Å². The Hall–Kier alpha value is -5.64. The van der Waals surface area contributed by atoms with Gasteiger partial charge in [0.15, 0.2) is 0 Å². The standard InChI is InChI=1S/C51H38P2/c1-52(37-19-7-3-8-20-37,38-21-9-4-10-22-38)41-31-33-45-46-34-32-42(53(2,39-23-11-5-12-24-39)40-25-13-6-14-26-40)36-50(46)51(49(45)35-41)47-29-17-15-27-43(47)44-28-16-18-30-48(44)51/h3-36H,1-2H2. The molecule has 0 radical (unpaired) electrons. The highest BCUT2D eigenvalue weighted by atomic mass is 31.2. The Balaban J connectivity index is 1.30. The third-order valence-corrected chi connectivity index (χ3v) is 18.8. The number of fused-ring (bicyclic) bond motifs is 10. The molecular weight excluding hydrogens is 675 g/mol. The van der Waals surface area contributed by atoms with E-state index in [-0.39, 0.29) is 0 Å². The maximum Gasteiger partial charge on any atom is 0.0726 e. The van der Waals surface area contributed by atoms with E-state index in [9.17, 15) is 0 Å². The highest BCUT2D eigenvalue weighted by Crippen LogP contribution is 2.63. The fourth-order valence-corrected chi connectivity index (χ4v) is 15.1. The van der Waals surface area contributed by atoms with Gasteiger partial charge in [-0.15, -0.1) is 0 Å². The van der Waals surface area contributed by atoms with E-state index in [4.69, 9.17) is 12.6 Å². The molecule has 1 spiro atoms. The van der Waals surface area contributed by atoms with Crippen LogP contribution in [0.3, 0.4) is 0 Å². The highest BCUT2D eigenvalue weighted by molar-refractivity contribution is 7.93. The molecule has 0 saturated carbocycles. The number of rotatable bonds is 6. The Morgan fingerprint density at radius 1 is 0.264 bits per heavy atom. The Morgan fingerprint density at radius 2 is 0.547 bits per heavy atom. The van der Waals surface area contributed by atoms with E-state index in [2.05, 4.69) is 206 Å². The number of benzene rings is 8. The van der Waals surface area contributed by atoms with E-state index >= 15 is 0 Å². The van der Waals surface area contributed by atoms with E-state index < -0.39 is 19.2 Å². The van der Waals surface area contributed by atoms with E-state index in [1.54, 1.807) is 0 Å². The largest absolute Gasteiger partial charge is 0.0887 e. The third kappa shape index (κ3) is 4.50. The number of hydrogen-bond acceptors (Lipinski definition) is 0. The van der Waals surface area contributed by atoms with Crippen molar-refractivity contribution in [3.8, 4) is 22.3 Å². The van der Waals surface area contributed by atoms with Crippen LogP contribution < -0.4 is 31.8 Å². The summed E-state index contributed by atoms with van der Waals surface area (Å²) in [6.45, 7) is -4.50. The van der Waals surface area contributed by atoms with Gasteiger partial charge < -0.3 is 0 Å². The van der Waals surface area contributed by atoms with E-state index in [1.165, 1.54) is 76.3 Å². The summed E-state index contributed by atoms with van der Waals surface area (Å²) in [4.78, 5) is 0. The predicted octanol–water partition coefficient (Wildman–Crippen LogP) is 9.48. The van der Waals surface area contributed by atoms with E-state index in [0.29, 0.717) is 0 Å². The van der Waals surface area contributed by atoms with Gasteiger partial charge in [-0.05, 0) is 102 Å². The average Bonchev–Trinajstić information content (AvgIpc) is 3.71. The lowest BCUT2D eigenvalue weighted by Crippen LogP contribution is -2.31. The lowest BCUT2D eigenvalue weighted by molar-refractivity contribution is 0.795. The zero-order valence-electron chi connectivity index (χ0n) is 29.4. The van der Waals surface area contributed by atoms with Gasteiger partial charge in [0, 0.05) is 0 Å². The smallest absolute Gasteiger partial charge is 0.0726 e. The zero-order chi connectivity index (χ0) is 35.6. The topological polar surface area (TPSA) is 0 Å². The van der Waals surface area contributed by atoms with Crippen LogP contribution in [0.4, 0.5) is 0 Å². The fourth-order valence-electron chi connectivity index (χ4n) is 9.21. The molecule has 0 atom stereocenters. The molecule has 252 valence electrons. The van der Waals surface area contributed by atoms with E-state index in [1.807, 2.05) is 0 Å². The number of hydrogen-bond donors (Lipinski definition) is 0. The average molecular weight is 713 g/mol. The summed E-state index contributed by atoms with van der Waals surface area (Å²) in [6, 6.07) is 76.6. The van der Waals surface area contributed by atoms with Gasteiger partial charge in [0.05, 0.1) is 5.41 Å². The molecule has 8 aromatic carbocycles. The summed E-state index contributed by atoms with van der Waals surface area (Å²) in [5, 5.41) is 7.70. The van der Waals surface area contributed by atoms with Crippen molar-refractivity contribution < 1.29 is 0 Å². The maximum atomic E-state index is 5.18. The van der Waals surface area contributed by atoms with Gasteiger partial charge in [0.25, 0.3) is 0 Å². The van der Waals surface area contributed by atoms with Crippen molar-refractivity contribution in [1.29, 1.82) is 0 Å². The minimum Gasteiger partial charge on any atom is -0.0887 e. The normalized spacial score (nSPS) is 13.6. The molecule has 53 heavy (non-hydrogen) atoms. The summed E-state index contributed by atoms with van der Waals surface area (Å²) in [5.74, 6) is 0. The zero-order valence-corrected chi connectivity index (χ0v) is 31.2. The minimum absolute atomic E-state index is 0.500. The molecule has 2 heteroatoms. The molecule has 10 rings (SSSR count). The van der Waals surface area contributed by atoms with Crippen molar-refractivity contribution in [2.24, 2.45) is 0 Å². The Kier molecular flexibility index (Phi) is 7.39.